The van der Waals surface area contributed by atoms with Gasteiger partial charge in [0.25, 0.3) is 5.69 Å². The number of thiocarbonyl (C=S) groups is 1. The van der Waals surface area contributed by atoms with Crippen LogP contribution < -0.4 is 15.5 Å². The Morgan fingerprint density at radius 2 is 1.77 bits per heavy atom. The van der Waals surface area contributed by atoms with Crippen molar-refractivity contribution in [1.82, 2.24) is 5.43 Å². The third-order valence-corrected chi connectivity index (χ3v) is 3.99. The molecular formula is C21H16N4O4S. The first-order chi connectivity index (χ1) is 14.5. The highest BCUT2D eigenvalue weighted by Crippen LogP contribution is 2.17. The Hall–Kier alpha value is -4.11. The summed E-state index contributed by atoms with van der Waals surface area (Å²) in [5, 5.41) is 18.2. The summed E-state index contributed by atoms with van der Waals surface area (Å²) in [7, 11) is 0. The maximum atomic E-state index is 12.2. The van der Waals surface area contributed by atoms with Crippen LogP contribution in [0.25, 0.3) is 0 Å². The van der Waals surface area contributed by atoms with Crippen molar-refractivity contribution in [3.8, 4) is 5.75 Å². The maximum absolute atomic E-state index is 12.2. The molecule has 0 saturated heterocycles. The number of ether oxygens (including phenoxy) is 1. The number of non-ortho nitro benzene ring substituents is 1. The number of hydrazone groups is 1. The Labute approximate surface area is 177 Å². The molecular weight excluding hydrogens is 404 g/mol. The first-order valence-corrected chi connectivity index (χ1v) is 9.14. The molecule has 0 spiro atoms. The van der Waals surface area contributed by atoms with Crippen LogP contribution in [0.4, 0.5) is 11.4 Å². The predicted octanol–water partition coefficient (Wildman–Crippen LogP) is 4.13. The maximum Gasteiger partial charge on any atom is 0.343 e. The van der Waals surface area contributed by atoms with E-state index in [1.54, 1.807) is 30.5 Å². The molecule has 3 aromatic carbocycles. The summed E-state index contributed by atoms with van der Waals surface area (Å²) in [6, 6.07) is 21.4. The van der Waals surface area contributed by atoms with E-state index < -0.39 is 10.9 Å². The van der Waals surface area contributed by atoms with Gasteiger partial charge < -0.3 is 10.1 Å². The van der Waals surface area contributed by atoms with Crippen LogP contribution in [0.3, 0.4) is 0 Å². The Morgan fingerprint density at radius 1 is 1.03 bits per heavy atom. The van der Waals surface area contributed by atoms with E-state index in [-0.39, 0.29) is 11.3 Å². The van der Waals surface area contributed by atoms with E-state index in [9.17, 15) is 14.9 Å². The molecule has 0 fully saturated rings. The number of para-hydroxylation sites is 1. The molecule has 0 aliphatic rings. The lowest BCUT2D eigenvalue weighted by Gasteiger charge is -2.06. The van der Waals surface area contributed by atoms with Crippen molar-refractivity contribution in [2.75, 3.05) is 5.32 Å². The number of nitro benzene ring substituents is 1. The van der Waals surface area contributed by atoms with Gasteiger partial charge in [0.15, 0.2) is 5.11 Å². The number of esters is 1. The molecule has 0 heterocycles. The van der Waals surface area contributed by atoms with E-state index in [4.69, 9.17) is 17.0 Å². The molecule has 0 amide bonds. The number of hydrogen-bond acceptors (Lipinski definition) is 6. The first-order valence-electron chi connectivity index (χ1n) is 8.73. The van der Waals surface area contributed by atoms with Gasteiger partial charge in [0.2, 0.25) is 0 Å². The number of carbonyl (C=O) groups is 1. The minimum Gasteiger partial charge on any atom is -0.423 e. The van der Waals surface area contributed by atoms with Crippen molar-refractivity contribution >= 4 is 40.9 Å². The van der Waals surface area contributed by atoms with E-state index in [0.717, 1.165) is 11.3 Å². The smallest absolute Gasteiger partial charge is 0.343 e. The molecule has 8 nitrogen and oxygen atoms in total. The van der Waals surface area contributed by atoms with Gasteiger partial charge in [0.1, 0.15) is 5.75 Å². The number of nitrogens with one attached hydrogen (secondary N) is 2. The average molecular weight is 420 g/mol. The molecule has 0 aliphatic heterocycles. The molecule has 30 heavy (non-hydrogen) atoms. The summed E-state index contributed by atoms with van der Waals surface area (Å²) in [5.74, 6) is -0.378. The van der Waals surface area contributed by atoms with E-state index >= 15 is 0 Å². The molecule has 9 heteroatoms. The van der Waals surface area contributed by atoms with Gasteiger partial charge in [-0.1, -0.05) is 24.3 Å². The molecule has 0 unspecified atom stereocenters. The Morgan fingerprint density at radius 3 is 2.47 bits per heavy atom. The summed E-state index contributed by atoms with van der Waals surface area (Å²) in [6.45, 7) is 0. The fraction of sp³-hybridized carbons (Fsp3) is 0. The largest absolute Gasteiger partial charge is 0.423 e. The van der Waals surface area contributed by atoms with Crippen LogP contribution in [0.2, 0.25) is 0 Å². The van der Waals surface area contributed by atoms with Crippen molar-refractivity contribution in [3.63, 3.8) is 0 Å². The highest BCUT2D eigenvalue weighted by atomic mass is 32.1. The SMILES string of the molecule is O=C(Oc1ccc(/C=N\NC(=S)Nc2ccccc2)cc1)c1cccc([N+](=O)[O-])c1. The number of nitrogens with zero attached hydrogens (tertiary/aromatic N) is 2. The molecule has 3 rings (SSSR count). The standard InChI is InChI=1S/C21H16N4O4S/c26-20(16-5-4-8-18(13-16)25(27)28)29-19-11-9-15(10-12-19)14-22-24-21(30)23-17-6-2-1-3-7-17/h1-14H,(H2,23,24,30)/b22-14-. The van der Waals surface area contributed by atoms with Gasteiger partial charge >= 0.3 is 5.97 Å². The number of nitro groups is 1. The van der Waals surface area contributed by atoms with Gasteiger partial charge in [-0.25, -0.2) is 4.79 Å². The summed E-state index contributed by atoms with van der Waals surface area (Å²) in [5.41, 5.74) is 4.23. The summed E-state index contributed by atoms with van der Waals surface area (Å²) < 4.78 is 5.25. The summed E-state index contributed by atoms with van der Waals surface area (Å²) >= 11 is 5.16. The zero-order chi connectivity index (χ0) is 21.3. The summed E-state index contributed by atoms with van der Waals surface area (Å²) in [6.07, 6.45) is 1.56. The average Bonchev–Trinajstić information content (AvgIpc) is 2.75. The van der Waals surface area contributed by atoms with Gasteiger partial charge in [-0.15, -0.1) is 0 Å². The number of carbonyl (C=O) groups excluding carboxylic acids is 1. The van der Waals surface area contributed by atoms with E-state index in [1.165, 1.54) is 24.3 Å². The predicted molar refractivity (Wildman–Crippen MR) is 118 cm³/mol. The second kappa shape index (κ2) is 9.89. The van der Waals surface area contributed by atoms with Crippen LogP contribution in [0, 0.1) is 10.1 Å². The molecule has 0 aliphatic carbocycles. The van der Waals surface area contributed by atoms with Crippen LogP contribution >= 0.6 is 12.2 Å². The van der Waals surface area contributed by atoms with Gasteiger partial charge in [-0.3, -0.25) is 15.5 Å². The van der Waals surface area contributed by atoms with E-state index in [0.29, 0.717) is 10.9 Å². The van der Waals surface area contributed by atoms with Crippen molar-refractivity contribution in [2.45, 2.75) is 0 Å². The Balaban J connectivity index is 1.54. The van der Waals surface area contributed by atoms with Crippen molar-refractivity contribution in [1.29, 1.82) is 0 Å². The zero-order valence-corrected chi connectivity index (χ0v) is 16.3. The fourth-order valence-corrected chi connectivity index (χ4v) is 2.55. The van der Waals surface area contributed by atoms with Crippen molar-refractivity contribution in [2.24, 2.45) is 5.10 Å². The Kier molecular flexibility index (Phi) is 6.80. The fourth-order valence-electron chi connectivity index (χ4n) is 2.38. The van der Waals surface area contributed by atoms with Crippen LogP contribution in [-0.4, -0.2) is 22.2 Å². The second-order valence-corrected chi connectivity index (χ2v) is 6.36. The quantitative estimate of drug-likeness (QED) is 0.154. The lowest BCUT2D eigenvalue weighted by atomic mass is 10.2. The number of hydrogen-bond donors (Lipinski definition) is 2. The van der Waals surface area contributed by atoms with E-state index in [1.807, 2.05) is 30.3 Å². The molecule has 0 bridgehead atoms. The minimum atomic E-state index is -0.681. The van der Waals surface area contributed by atoms with Crippen LogP contribution in [0.1, 0.15) is 15.9 Å². The minimum absolute atomic E-state index is 0.0958. The van der Waals surface area contributed by atoms with Crippen molar-refractivity contribution in [3.05, 3.63) is 100 Å². The molecule has 0 saturated carbocycles. The number of anilines is 1. The van der Waals surface area contributed by atoms with Crippen LogP contribution in [-0.2, 0) is 0 Å². The molecule has 0 aromatic heterocycles. The first kappa shape index (κ1) is 20.6. The van der Waals surface area contributed by atoms with Gasteiger partial charge in [-0.2, -0.15) is 5.10 Å². The van der Waals surface area contributed by atoms with Crippen molar-refractivity contribution < 1.29 is 14.5 Å². The molecule has 0 radical (unpaired) electrons. The molecule has 2 N–H and O–H groups in total. The lowest BCUT2D eigenvalue weighted by molar-refractivity contribution is -0.384. The van der Waals surface area contributed by atoms with Gasteiger partial charge in [0.05, 0.1) is 16.7 Å². The Bertz CT molecular complexity index is 1090. The number of benzene rings is 3. The van der Waals surface area contributed by atoms with Gasteiger partial charge in [0, 0.05) is 17.8 Å². The highest BCUT2D eigenvalue weighted by molar-refractivity contribution is 7.80. The zero-order valence-electron chi connectivity index (χ0n) is 15.5. The molecule has 150 valence electrons. The topological polar surface area (TPSA) is 106 Å². The third-order valence-electron chi connectivity index (χ3n) is 3.79. The van der Waals surface area contributed by atoms with Crippen LogP contribution in [0.5, 0.6) is 5.75 Å². The monoisotopic (exact) mass is 420 g/mol. The van der Waals surface area contributed by atoms with E-state index in [2.05, 4.69) is 15.8 Å². The lowest BCUT2D eigenvalue weighted by Crippen LogP contribution is -2.23. The summed E-state index contributed by atoms with van der Waals surface area (Å²) in [4.78, 5) is 22.4. The second-order valence-electron chi connectivity index (χ2n) is 5.96. The van der Waals surface area contributed by atoms with Gasteiger partial charge in [-0.05, 0) is 60.2 Å². The highest BCUT2D eigenvalue weighted by Gasteiger charge is 2.13. The third kappa shape index (κ3) is 5.94. The van der Waals surface area contributed by atoms with Crippen LogP contribution in [0.15, 0.2) is 84.0 Å². The normalized spacial score (nSPS) is 10.4. The number of rotatable bonds is 6. The molecule has 0 atom stereocenters. The molecule has 3 aromatic rings.